The first kappa shape index (κ1) is 16.5. The minimum absolute atomic E-state index is 0.00786. The molecule has 0 radical (unpaired) electrons. The molecule has 118 valence electrons. The molecule has 2 fully saturated rings. The van der Waals surface area contributed by atoms with Crippen molar-refractivity contribution in [3.63, 3.8) is 0 Å². The van der Waals surface area contributed by atoms with Crippen LogP contribution in [0.15, 0.2) is 0 Å². The van der Waals surface area contributed by atoms with E-state index in [2.05, 4.69) is 0 Å². The lowest BCUT2D eigenvalue weighted by molar-refractivity contribution is 0.268. The second-order valence-electron chi connectivity index (χ2n) is 5.81. The highest BCUT2D eigenvalue weighted by Crippen LogP contribution is 2.29. The molecule has 0 aliphatic carbocycles. The molecule has 2 aliphatic heterocycles. The van der Waals surface area contributed by atoms with Crippen LogP contribution in [0.2, 0.25) is 0 Å². The van der Waals surface area contributed by atoms with Crippen molar-refractivity contribution in [2.75, 3.05) is 24.6 Å². The highest BCUT2D eigenvalue weighted by molar-refractivity contribution is 7.92. The summed E-state index contributed by atoms with van der Waals surface area (Å²) in [5.41, 5.74) is 0. The van der Waals surface area contributed by atoms with Gasteiger partial charge in [-0.25, -0.2) is 21.1 Å². The third-order valence-electron chi connectivity index (χ3n) is 4.43. The predicted octanol–water partition coefficient (Wildman–Crippen LogP) is 1.23. The standard InChI is InChI=1S/C12H22ClNO4S2/c1-10(13)11-2-6-14(7-3-11)20(17,18)12-4-8-19(15,16)9-5-12/h10-12H,2-9H2,1H3. The molecule has 0 spiro atoms. The largest absolute Gasteiger partial charge is 0.229 e. The number of alkyl halides is 1. The van der Waals surface area contributed by atoms with Crippen LogP contribution in [0.25, 0.3) is 0 Å². The van der Waals surface area contributed by atoms with Crippen LogP contribution in [-0.4, -0.2) is 56.4 Å². The molecule has 5 nitrogen and oxygen atoms in total. The summed E-state index contributed by atoms with van der Waals surface area (Å²) in [6.07, 6.45) is 2.04. The fourth-order valence-electron chi connectivity index (χ4n) is 2.97. The van der Waals surface area contributed by atoms with E-state index in [1.165, 1.54) is 4.31 Å². The summed E-state index contributed by atoms with van der Waals surface area (Å²) >= 11 is 6.06. The highest BCUT2D eigenvalue weighted by atomic mass is 35.5. The first-order chi connectivity index (χ1) is 9.22. The van der Waals surface area contributed by atoms with Gasteiger partial charge in [-0.05, 0) is 38.5 Å². The second kappa shape index (κ2) is 6.10. The van der Waals surface area contributed by atoms with Crippen LogP contribution in [0.3, 0.4) is 0 Å². The van der Waals surface area contributed by atoms with Gasteiger partial charge in [0, 0.05) is 18.5 Å². The van der Waals surface area contributed by atoms with Gasteiger partial charge in [0.25, 0.3) is 0 Å². The van der Waals surface area contributed by atoms with E-state index in [1.807, 2.05) is 6.92 Å². The molecule has 0 saturated carbocycles. The van der Waals surface area contributed by atoms with Crippen LogP contribution < -0.4 is 0 Å². The minimum atomic E-state index is -3.36. The Morgan fingerprint density at radius 3 is 2.05 bits per heavy atom. The van der Waals surface area contributed by atoms with Crippen LogP contribution in [-0.2, 0) is 19.9 Å². The maximum absolute atomic E-state index is 12.5. The van der Waals surface area contributed by atoms with Gasteiger partial charge in [-0.2, -0.15) is 0 Å². The van der Waals surface area contributed by atoms with Gasteiger partial charge in [-0.3, -0.25) is 0 Å². The van der Waals surface area contributed by atoms with Crippen molar-refractivity contribution < 1.29 is 16.8 Å². The molecule has 2 aliphatic rings. The quantitative estimate of drug-likeness (QED) is 0.723. The summed E-state index contributed by atoms with van der Waals surface area (Å²) in [6.45, 7) is 2.96. The van der Waals surface area contributed by atoms with Gasteiger partial charge in [-0.1, -0.05) is 0 Å². The van der Waals surface area contributed by atoms with Crippen LogP contribution in [0, 0.1) is 5.92 Å². The predicted molar refractivity (Wildman–Crippen MR) is 80.2 cm³/mol. The number of halogens is 1. The third-order valence-corrected chi connectivity index (χ3v) is 8.90. The summed E-state index contributed by atoms with van der Waals surface area (Å²) in [6, 6.07) is 0. The van der Waals surface area contributed by atoms with Crippen LogP contribution >= 0.6 is 11.6 Å². The van der Waals surface area contributed by atoms with E-state index in [9.17, 15) is 16.8 Å². The lowest BCUT2D eigenvalue weighted by atomic mass is 9.95. The Morgan fingerprint density at radius 2 is 1.60 bits per heavy atom. The molecule has 2 heterocycles. The monoisotopic (exact) mass is 343 g/mol. The average Bonchev–Trinajstić information content (AvgIpc) is 2.38. The summed E-state index contributed by atoms with van der Waals surface area (Å²) in [7, 11) is -6.39. The molecule has 0 aromatic rings. The number of piperidine rings is 1. The zero-order chi connectivity index (χ0) is 15.0. The molecule has 2 rings (SSSR count). The van der Waals surface area contributed by atoms with Gasteiger partial charge >= 0.3 is 0 Å². The maximum atomic E-state index is 12.5. The van der Waals surface area contributed by atoms with Gasteiger partial charge in [0.05, 0.1) is 16.8 Å². The molecule has 0 bridgehead atoms. The highest BCUT2D eigenvalue weighted by Gasteiger charge is 2.38. The summed E-state index contributed by atoms with van der Waals surface area (Å²) in [4.78, 5) is 0. The normalized spacial score (nSPS) is 28.3. The lowest BCUT2D eigenvalue weighted by Gasteiger charge is -2.35. The average molecular weight is 344 g/mol. The SMILES string of the molecule is CC(Cl)C1CCN(S(=O)(=O)C2CCS(=O)(=O)CC2)CC1. The van der Waals surface area contributed by atoms with E-state index in [-0.39, 0.29) is 29.7 Å². The summed E-state index contributed by atoms with van der Waals surface area (Å²) < 4.78 is 49.4. The minimum Gasteiger partial charge on any atom is -0.229 e. The molecule has 8 heteroatoms. The Labute approximate surface area is 126 Å². The Morgan fingerprint density at radius 1 is 1.10 bits per heavy atom. The van der Waals surface area contributed by atoms with E-state index >= 15 is 0 Å². The van der Waals surface area contributed by atoms with Gasteiger partial charge in [-0.15, -0.1) is 11.6 Å². The van der Waals surface area contributed by atoms with Crippen molar-refractivity contribution in [1.29, 1.82) is 0 Å². The smallest absolute Gasteiger partial charge is 0.217 e. The van der Waals surface area contributed by atoms with Gasteiger partial charge in [0.1, 0.15) is 9.84 Å². The van der Waals surface area contributed by atoms with Crippen molar-refractivity contribution in [3.8, 4) is 0 Å². The van der Waals surface area contributed by atoms with Gasteiger partial charge < -0.3 is 0 Å². The lowest BCUT2D eigenvalue weighted by Crippen LogP contribution is -2.46. The molecule has 0 aromatic heterocycles. The van der Waals surface area contributed by atoms with Gasteiger partial charge in [0.2, 0.25) is 10.0 Å². The molecule has 1 unspecified atom stereocenters. The number of hydrogen-bond acceptors (Lipinski definition) is 4. The molecule has 0 amide bonds. The number of rotatable bonds is 3. The summed E-state index contributed by atoms with van der Waals surface area (Å²) in [5.74, 6) is 0.355. The first-order valence-corrected chi connectivity index (χ1v) is 10.8. The van der Waals surface area contributed by atoms with Gasteiger partial charge in [0.15, 0.2) is 0 Å². The second-order valence-corrected chi connectivity index (χ2v) is 11.0. The van der Waals surface area contributed by atoms with Crippen molar-refractivity contribution in [2.45, 2.75) is 43.2 Å². The topological polar surface area (TPSA) is 71.5 Å². The zero-order valence-corrected chi connectivity index (χ0v) is 14.1. The van der Waals surface area contributed by atoms with E-state index in [1.54, 1.807) is 0 Å². The molecule has 0 N–H and O–H groups in total. The van der Waals surface area contributed by atoms with Crippen LogP contribution in [0.5, 0.6) is 0 Å². The van der Waals surface area contributed by atoms with Crippen molar-refractivity contribution in [2.24, 2.45) is 5.92 Å². The maximum Gasteiger partial charge on any atom is 0.217 e. The fourth-order valence-corrected chi connectivity index (χ4v) is 6.98. The molecule has 1 atom stereocenters. The van der Waals surface area contributed by atoms with Crippen molar-refractivity contribution >= 4 is 31.5 Å². The number of sulfonamides is 1. The number of nitrogens with zero attached hydrogens (tertiary/aromatic N) is 1. The molecule has 20 heavy (non-hydrogen) atoms. The van der Waals surface area contributed by atoms with E-state index in [0.717, 1.165) is 12.8 Å². The van der Waals surface area contributed by atoms with Crippen molar-refractivity contribution in [3.05, 3.63) is 0 Å². The zero-order valence-electron chi connectivity index (χ0n) is 11.7. The Kier molecular flexibility index (Phi) is 5.04. The first-order valence-electron chi connectivity index (χ1n) is 7.06. The third kappa shape index (κ3) is 3.67. The molecular formula is C12H22ClNO4S2. The van der Waals surface area contributed by atoms with Crippen LogP contribution in [0.1, 0.15) is 32.6 Å². The Hall–Kier alpha value is 0.150. The molecular weight excluding hydrogens is 322 g/mol. The molecule has 2 saturated heterocycles. The van der Waals surface area contributed by atoms with Crippen LogP contribution in [0.4, 0.5) is 0 Å². The van der Waals surface area contributed by atoms with E-state index < -0.39 is 25.1 Å². The number of hydrogen-bond donors (Lipinski definition) is 0. The Balaban J connectivity index is 1.98. The van der Waals surface area contributed by atoms with E-state index in [0.29, 0.717) is 19.0 Å². The Bertz CT molecular complexity index is 522. The van der Waals surface area contributed by atoms with Crippen molar-refractivity contribution in [1.82, 2.24) is 4.31 Å². The summed E-state index contributed by atoms with van der Waals surface area (Å²) in [5, 5.41) is -0.462. The number of sulfone groups is 1. The van der Waals surface area contributed by atoms with E-state index in [4.69, 9.17) is 11.6 Å². The fraction of sp³-hybridized carbons (Fsp3) is 1.00. The molecule has 0 aromatic carbocycles.